The first-order chi connectivity index (χ1) is 11.6. The van der Waals surface area contributed by atoms with Gasteiger partial charge in [0.15, 0.2) is 6.61 Å². The van der Waals surface area contributed by atoms with Gasteiger partial charge >= 0.3 is 0 Å². The Labute approximate surface area is 142 Å². The first kappa shape index (κ1) is 17.7. The van der Waals surface area contributed by atoms with Crippen molar-refractivity contribution in [3.8, 4) is 17.2 Å². The van der Waals surface area contributed by atoms with Gasteiger partial charge in [-0.1, -0.05) is 12.1 Å². The highest BCUT2D eigenvalue weighted by Gasteiger charge is 2.10. The van der Waals surface area contributed by atoms with Crippen LogP contribution in [0.3, 0.4) is 0 Å². The van der Waals surface area contributed by atoms with Gasteiger partial charge in [-0.05, 0) is 48.9 Å². The van der Waals surface area contributed by atoms with Gasteiger partial charge in [-0.3, -0.25) is 4.79 Å². The molecular weight excluding hydrogens is 306 g/mol. The lowest BCUT2D eigenvalue weighted by molar-refractivity contribution is -0.132. The number of nitrogens with zero attached hydrogens (tertiary/aromatic N) is 1. The standard InChI is InChI=1S/C19H23NO4/c1-4-23-17-7-5-15(6-8-17)13-20(2)19(21)14-24-18-11-9-16(22-3)10-12-18/h5-12H,4,13-14H2,1-3H3. The van der Waals surface area contributed by atoms with Gasteiger partial charge in [-0.2, -0.15) is 0 Å². The Kier molecular flexibility index (Phi) is 6.49. The molecule has 0 fully saturated rings. The lowest BCUT2D eigenvalue weighted by Crippen LogP contribution is -2.30. The maximum absolute atomic E-state index is 12.2. The van der Waals surface area contributed by atoms with Gasteiger partial charge in [0.05, 0.1) is 13.7 Å². The van der Waals surface area contributed by atoms with Crippen LogP contribution in [-0.4, -0.2) is 38.2 Å². The molecule has 2 aromatic carbocycles. The average Bonchev–Trinajstić information content (AvgIpc) is 2.62. The summed E-state index contributed by atoms with van der Waals surface area (Å²) in [4.78, 5) is 13.8. The molecule has 1 amide bonds. The van der Waals surface area contributed by atoms with Gasteiger partial charge in [-0.15, -0.1) is 0 Å². The first-order valence-corrected chi connectivity index (χ1v) is 7.85. The number of carbonyl (C=O) groups is 1. The Balaban J connectivity index is 1.82. The number of hydrogen-bond acceptors (Lipinski definition) is 4. The highest BCUT2D eigenvalue weighted by atomic mass is 16.5. The summed E-state index contributed by atoms with van der Waals surface area (Å²) in [6.45, 7) is 3.11. The van der Waals surface area contributed by atoms with Crippen molar-refractivity contribution in [2.75, 3.05) is 27.4 Å². The van der Waals surface area contributed by atoms with Crippen molar-refractivity contribution in [1.29, 1.82) is 0 Å². The maximum Gasteiger partial charge on any atom is 0.260 e. The molecule has 0 aromatic heterocycles. The third-order valence-corrected chi connectivity index (χ3v) is 3.50. The maximum atomic E-state index is 12.2. The van der Waals surface area contributed by atoms with Crippen LogP contribution in [0.5, 0.6) is 17.2 Å². The van der Waals surface area contributed by atoms with Gasteiger partial charge in [0.2, 0.25) is 0 Å². The van der Waals surface area contributed by atoms with E-state index >= 15 is 0 Å². The van der Waals surface area contributed by atoms with E-state index in [4.69, 9.17) is 14.2 Å². The predicted octanol–water partition coefficient (Wildman–Crippen LogP) is 3.13. The number of methoxy groups -OCH3 is 1. The second-order valence-corrected chi connectivity index (χ2v) is 5.29. The van der Waals surface area contributed by atoms with Gasteiger partial charge < -0.3 is 19.1 Å². The second kappa shape index (κ2) is 8.82. The molecule has 5 heteroatoms. The average molecular weight is 329 g/mol. The van der Waals surface area contributed by atoms with E-state index in [1.165, 1.54) is 0 Å². The summed E-state index contributed by atoms with van der Waals surface area (Å²) >= 11 is 0. The molecule has 0 spiro atoms. The number of carbonyl (C=O) groups excluding carboxylic acids is 1. The largest absolute Gasteiger partial charge is 0.497 e. The third-order valence-electron chi connectivity index (χ3n) is 3.50. The summed E-state index contributed by atoms with van der Waals surface area (Å²) in [7, 11) is 3.37. The fourth-order valence-corrected chi connectivity index (χ4v) is 2.15. The normalized spacial score (nSPS) is 10.1. The Bertz CT molecular complexity index is 637. The molecule has 0 aliphatic rings. The third kappa shape index (κ3) is 5.19. The van der Waals surface area contributed by atoms with Crippen molar-refractivity contribution in [3.63, 3.8) is 0 Å². The minimum absolute atomic E-state index is 0.000141. The zero-order valence-electron chi connectivity index (χ0n) is 14.3. The van der Waals surface area contributed by atoms with Crippen molar-refractivity contribution in [2.45, 2.75) is 13.5 Å². The Hall–Kier alpha value is -2.69. The number of ether oxygens (including phenoxy) is 3. The molecule has 0 bridgehead atoms. The molecule has 5 nitrogen and oxygen atoms in total. The number of hydrogen-bond donors (Lipinski definition) is 0. The van der Waals surface area contributed by atoms with Crippen LogP contribution >= 0.6 is 0 Å². The van der Waals surface area contributed by atoms with Crippen LogP contribution in [0.1, 0.15) is 12.5 Å². The van der Waals surface area contributed by atoms with Gasteiger partial charge in [0.1, 0.15) is 17.2 Å². The summed E-state index contributed by atoms with van der Waals surface area (Å²) in [5.41, 5.74) is 1.04. The van der Waals surface area contributed by atoms with Crippen LogP contribution in [0.15, 0.2) is 48.5 Å². The van der Waals surface area contributed by atoms with Crippen molar-refractivity contribution in [2.24, 2.45) is 0 Å². The number of amides is 1. The fraction of sp³-hybridized carbons (Fsp3) is 0.316. The first-order valence-electron chi connectivity index (χ1n) is 7.85. The Morgan fingerprint density at radius 2 is 1.46 bits per heavy atom. The molecule has 0 saturated heterocycles. The lowest BCUT2D eigenvalue weighted by atomic mass is 10.2. The second-order valence-electron chi connectivity index (χ2n) is 5.29. The van der Waals surface area contributed by atoms with Crippen LogP contribution in [-0.2, 0) is 11.3 Å². The highest BCUT2D eigenvalue weighted by Crippen LogP contribution is 2.17. The van der Waals surface area contributed by atoms with Gasteiger partial charge in [-0.25, -0.2) is 0 Å². The van der Waals surface area contributed by atoms with Crippen molar-refractivity contribution in [3.05, 3.63) is 54.1 Å². The molecular formula is C19H23NO4. The predicted molar refractivity (Wildman–Crippen MR) is 92.6 cm³/mol. The van der Waals surface area contributed by atoms with E-state index in [0.29, 0.717) is 18.9 Å². The molecule has 0 saturated carbocycles. The Morgan fingerprint density at radius 1 is 0.917 bits per heavy atom. The molecule has 128 valence electrons. The fourth-order valence-electron chi connectivity index (χ4n) is 2.15. The van der Waals surface area contributed by atoms with Gasteiger partial charge in [0.25, 0.3) is 5.91 Å². The molecule has 0 atom stereocenters. The quantitative estimate of drug-likeness (QED) is 0.746. The number of benzene rings is 2. The number of rotatable bonds is 8. The molecule has 0 N–H and O–H groups in total. The summed E-state index contributed by atoms with van der Waals surface area (Å²) in [5.74, 6) is 2.14. The molecule has 0 heterocycles. The minimum Gasteiger partial charge on any atom is -0.497 e. The van der Waals surface area contributed by atoms with Crippen LogP contribution in [0.25, 0.3) is 0 Å². The van der Waals surface area contributed by atoms with Crippen molar-refractivity contribution in [1.82, 2.24) is 4.90 Å². The topological polar surface area (TPSA) is 48.0 Å². The molecule has 0 radical (unpaired) electrons. The molecule has 24 heavy (non-hydrogen) atoms. The molecule has 0 unspecified atom stereocenters. The van der Waals surface area contributed by atoms with E-state index in [9.17, 15) is 4.79 Å². The molecule has 0 aliphatic carbocycles. The monoisotopic (exact) mass is 329 g/mol. The van der Waals surface area contributed by atoms with E-state index in [1.54, 1.807) is 43.3 Å². The van der Waals surface area contributed by atoms with Crippen molar-refractivity contribution >= 4 is 5.91 Å². The van der Waals surface area contributed by atoms with Crippen LogP contribution in [0, 0.1) is 0 Å². The van der Waals surface area contributed by atoms with Crippen LogP contribution < -0.4 is 14.2 Å². The van der Waals surface area contributed by atoms with E-state index in [0.717, 1.165) is 17.1 Å². The van der Waals surface area contributed by atoms with Crippen LogP contribution in [0.2, 0.25) is 0 Å². The van der Waals surface area contributed by atoms with E-state index in [-0.39, 0.29) is 12.5 Å². The van der Waals surface area contributed by atoms with Gasteiger partial charge in [0, 0.05) is 13.6 Å². The minimum atomic E-state index is -0.0836. The molecule has 2 aromatic rings. The summed E-state index contributed by atoms with van der Waals surface area (Å²) in [6, 6.07) is 14.9. The zero-order chi connectivity index (χ0) is 17.4. The SMILES string of the molecule is CCOc1ccc(CN(C)C(=O)COc2ccc(OC)cc2)cc1. The van der Waals surface area contributed by atoms with E-state index < -0.39 is 0 Å². The van der Waals surface area contributed by atoms with E-state index in [2.05, 4.69) is 0 Å². The Morgan fingerprint density at radius 3 is 2.04 bits per heavy atom. The smallest absolute Gasteiger partial charge is 0.260 e. The van der Waals surface area contributed by atoms with Crippen molar-refractivity contribution < 1.29 is 19.0 Å². The summed E-state index contributed by atoms with van der Waals surface area (Å²) < 4.78 is 16.0. The lowest BCUT2D eigenvalue weighted by Gasteiger charge is -2.18. The van der Waals surface area contributed by atoms with Crippen LogP contribution in [0.4, 0.5) is 0 Å². The molecule has 0 aliphatic heterocycles. The zero-order valence-corrected chi connectivity index (χ0v) is 14.3. The number of likely N-dealkylation sites (N-methyl/N-ethyl adjacent to an activating group) is 1. The van der Waals surface area contributed by atoms with E-state index in [1.807, 2.05) is 31.2 Å². The summed E-state index contributed by atoms with van der Waals surface area (Å²) in [5, 5.41) is 0. The molecule has 2 rings (SSSR count). The highest BCUT2D eigenvalue weighted by molar-refractivity contribution is 5.77. The summed E-state index contributed by atoms with van der Waals surface area (Å²) in [6.07, 6.45) is 0.